The van der Waals surface area contributed by atoms with E-state index in [0.717, 1.165) is 0 Å². The molecule has 1 aromatic carbocycles. The summed E-state index contributed by atoms with van der Waals surface area (Å²) in [6.45, 7) is 2.00. The molecule has 1 fully saturated rings. The van der Waals surface area contributed by atoms with E-state index in [2.05, 4.69) is 15.9 Å². The first-order chi connectivity index (χ1) is 13.2. The minimum Gasteiger partial charge on any atom is -0.493 e. The zero-order chi connectivity index (χ0) is 21.1. The van der Waals surface area contributed by atoms with E-state index in [0.29, 0.717) is 30.1 Å². The van der Waals surface area contributed by atoms with Crippen LogP contribution in [0.4, 0.5) is 4.79 Å². The van der Waals surface area contributed by atoms with Crippen LogP contribution < -0.4 is 14.2 Å². The van der Waals surface area contributed by atoms with Crippen molar-refractivity contribution in [3.05, 3.63) is 17.7 Å². The Bertz CT molecular complexity index is 757. The maximum atomic E-state index is 12.9. The van der Waals surface area contributed by atoms with Crippen molar-refractivity contribution in [2.45, 2.75) is 37.1 Å². The number of carbonyl (C=O) groups is 3. The molecule has 1 heterocycles. The van der Waals surface area contributed by atoms with Crippen LogP contribution >= 0.6 is 15.9 Å². The van der Waals surface area contributed by atoms with Gasteiger partial charge in [-0.1, -0.05) is 15.9 Å². The second kappa shape index (κ2) is 8.91. The SMILES string of the molecule is COc1cc(C(=O)C(Br)CC(=O)[N+]2(C(=O)O)CCC[C@H]2C)cc(OC)c1OC. The summed E-state index contributed by atoms with van der Waals surface area (Å²) in [5, 5.41) is 9.67. The van der Waals surface area contributed by atoms with Crippen molar-refractivity contribution in [2.24, 2.45) is 0 Å². The minimum absolute atomic E-state index is 0.230. The number of quaternary nitrogens is 1. The van der Waals surface area contributed by atoms with Crippen molar-refractivity contribution in [2.75, 3.05) is 27.9 Å². The average Bonchev–Trinajstić information content (AvgIpc) is 3.08. The van der Waals surface area contributed by atoms with Gasteiger partial charge in [-0.2, -0.15) is 9.28 Å². The van der Waals surface area contributed by atoms with Gasteiger partial charge in [0, 0.05) is 18.4 Å². The first-order valence-electron chi connectivity index (χ1n) is 8.85. The highest BCUT2D eigenvalue weighted by molar-refractivity contribution is 9.10. The van der Waals surface area contributed by atoms with E-state index in [1.807, 2.05) is 0 Å². The standard InChI is InChI=1S/C19H24BrNO7/c1-11-6-5-7-21(11,19(24)25)16(22)10-13(20)17(23)12-8-14(26-2)18(28-4)15(9-12)27-3/h8-9,11,13H,5-7,10H2,1-4H3/p+1/t11-,13?,21?/m1/s1. The number of methoxy groups -OCH3 is 3. The van der Waals surface area contributed by atoms with Crippen molar-refractivity contribution >= 4 is 33.7 Å². The number of alkyl halides is 1. The predicted molar refractivity (Wildman–Crippen MR) is 105 cm³/mol. The predicted octanol–water partition coefficient (Wildman–Crippen LogP) is 3.25. The van der Waals surface area contributed by atoms with Gasteiger partial charge in [0.2, 0.25) is 5.75 Å². The molecule has 0 aromatic heterocycles. The Morgan fingerprint density at radius 2 is 1.75 bits per heavy atom. The minimum atomic E-state index is -1.17. The Labute approximate surface area is 172 Å². The van der Waals surface area contributed by atoms with E-state index < -0.39 is 21.3 Å². The molecule has 1 saturated heterocycles. The highest BCUT2D eigenvalue weighted by Crippen LogP contribution is 2.39. The van der Waals surface area contributed by atoms with Gasteiger partial charge in [-0.3, -0.25) is 4.79 Å². The summed E-state index contributed by atoms with van der Waals surface area (Å²) in [5.74, 6) is 0.130. The maximum Gasteiger partial charge on any atom is 0.521 e. The number of halogens is 1. The van der Waals surface area contributed by atoms with Crippen LogP contribution in [-0.4, -0.2) is 66.1 Å². The van der Waals surface area contributed by atoms with Gasteiger partial charge in [0.25, 0.3) is 0 Å². The van der Waals surface area contributed by atoms with Gasteiger partial charge in [-0.25, -0.2) is 4.79 Å². The van der Waals surface area contributed by atoms with Gasteiger partial charge >= 0.3 is 12.0 Å². The van der Waals surface area contributed by atoms with Crippen LogP contribution in [0.2, 0.25) is 0 Å². The third kappa shape index (κ3) is 3.86. The lowest BCUT2D eigenvalue weighted by Crippen LogP contribution is -2.59. The molecular formula is C19H25BrNO7+. The average molecular weight is 459 g/mol. The van der Waals surface area contributed by atoms with E-state index in [4.69, 9.17) is 14.2 Å². The summed E-state index contributed by atoms with van der Waals surface area (Å²) in [5.41, 5.74) is 0.264. The van der Waals surface area contributed by atoms with Gasteiger partial charge in [0.1, 0.15) is 6.04 Å². The Morgan fingerprint density at radius 3 is 2.14 bits per heavy atom. The number of ether oxygens (including phenoxy) is 3. The molecule has 2 amide bonds. The zero-order valence-electron chi connectivity index (χ0n) is 16.4. The maximum absolute atomic E-state index is 12.9. The van der Waals surface area contributed by atoms with Crippen LogP contribution in [0.25, 0.3) is 0 Å². The lowest BCUT2D eigenvalue weighted by atomic mass is 10.0. The molecule has 2 rings (SSSR count). The third-order valence-corrected chi connectivity index (χ3v) is 6.00. The number of imide groups is 1. The highest BCUT2D eigenvalue weighted by Gasteiger charge is 2.53. The fourth-order valence-corrected chi connectivity index (χ4v) is 4.19. The molecule has 28 heavy (non-hydrogen) atoms. The van der Waals surface area contributed by atoms with Crippen LogP contribution in [0.1, 0.15) is 36.5 Å². The number of likely N-dealkylation sites (tertiary alicyclic amines) is 1. The zero-order valence-corrected chi connectivity index (χ0v) is 17.9. The monoisotopic (exact) mass is 458 g/mol. The normalized spacial score (nSPS) is 22.4. The van der Waals surface area contributed by atoms with E-state index in [9.17, 15) is 19.5 Å². The van der Waals surface area contributed by atoms with Gasteiger partial charge in [0.15, 0.2) is 17.3 Å². The number of carbonyl (C=O) groups excluding carboxylic acids is 2. The smallest absolute Gasteiger partial charge is 0.493 e. The lowest BCUT2D eigenvalue weighted by Gasteiger charge is -2.30. The molecule has 1 N–H and O–H groups in total. The molecule has 9 heteroatoms. The molecule has 0 radical (unpaired) electrons. The van der Waals surface area contributed by atoms with Crippen molar-refractivity contribution in [3.63, 3.8) is 0 Å². The van der Waals surface area contributed by atoms with Crippen LogP contribution in [-0.2, 0) is 4.79 Å². The number of hydrogen-bond donors (Lipinski definition) is 1. The molecule has 0 aliphatic carbocycles. The first kappa shape index (κ1) is 22.2. The van der Waals surface area contributed by atoms with Crippen molar-refractivity contribution in [3.8, 4) is 17.2 Å². The number of carboxylic acid groups (broad SMARTS) is 1. The number of Topliss-reactive ketones (excluding diaryl/α,β-unsaturated/α-hetero) is 1. The van der Waals surface area contributed by atoms with Crippen LogP contribution in [0.3, 0.4) is 0 Å². The Hall–Kier alpha value is -2.13. The molecule has 0 spiro atoms. The Morgan fingerprint density at radius 1 is 1.18 bits per heavy atom. The number of hydrogen-bond acceptors (Lipinski definition) is 6. The molecule has 1 aliphatic heterocycles. The summed E-state index contributed by atoms with van der Waals surface area (Å²) in [7, 11) is 4.34. The van der Waals surface area contributed by atoms with Crippen molar-refractivity contribution in [1.29, 1.82) is 0 Å². The number of rotatable bonds is 7. The molecule has 1 aliphatic rings. The van der Waals surface area contributed by atoms with Crippen LogP contribution in [0, 0.1) is 0 Å². The fourth-order valence-electron chi connectivity index (χ4n) is 3.65. The van der Waals surface area contributed by atoms with Gasteiger partial charge < -0.3 is 19.3 Å². The molecule has 154 valence electrons. The molecule has 0 bridgehead atoms. The van der Waals surface area contributed by atoms with E-state index in [1.165, 1.54) is 33.5 Å². The molecule has 0 saturated carbocycles. The second-order valence-electron chi connectivity index (χ2n) is 6.71. The van der Waals surface area contributed by atoms with E-state index in [1.54, 1.807) is 6.92 Å². The largest absolute Gasteiger partial charge is 0.521 e. The third-order valence-electron chi connectivity index (χ3n) is 5.26. The topological polar surface area (TPSA) is 99.1 Å². The fraction of sp³-hybridized carbons (Fsp3) is 0.526. The summed E-state index contributed by atoms with van der Waals surface area (Å²) >= 11 is 3.26. The number of ketones is 1. The number of amides is 2. The van der Waals surface area contributed by atoms with Gasteiger partial charge in [0.05, 0.1) is 39.1 Å². The molecule has 1 aromatic rings. The molecule has 3 atom stereocenters. The first-order valence-corrected chi connectivity index (χ1v) is 9.77. The highest BCUT2D eigenvalue weighted by atomic mass is 79.9. The summed E-state index contributed by atoms with van der Waals surface area (Å²) < 4.78 is 15.1. The quantitative estimate of drug-likeness (QED) is 0.380. The number of nitrogens with zero attached hydrogens (tertiary/aromatic N) is 1. The summed E-state index contributed by atoms with van der Waals surface area (Å²) in [4.78, 5) is 36.7. The van der Waals surface area contributed by atoms with Gasteiger partial charge in [-0.05, 0) is 19.1 Å². The van der Waals surface area contributed by atoms with Crippen LogP contribution in [0.15, 0.2) is 12.1 Å². The Balaban J connectivity index is 2.27. The lowest BCUT2D eigenvalue weighted by molar-refractivity contribution is -0.792. The van der Waals surface area contributed by atoms with E-state index >= 15 is 0 Å². The molecule has 8 nitrogen and oxygen atoms in total. The van der Waals surface area contributed by atoms with Crippen LogP contribution in [0.5, 0.6) is 17.2 Å². The van der Waals surface area contributed by atoms with Crippen molar-refractivity contribution < 1.29 is 38.2 Å². The summed E-state index contributed by atoms with van der Waals surface area (Å²) in [6, 6.07) is 2.69. The van der Waals surface area contributed by atoms with E-state index in [-0.39, 0.29) is 30.4 Å². The summed E-state index contributed by atoms with van der Waals surface area (Å²) in [6.07, 6.45) is -0.0831. The molecular weight excluding hydrogens is 434 g/mol. The molecule has 2 unspecified atom stereocenters. The Kier molecular flexibility index (Phi) is 7.06. The second-order valence-corrected chi connectivity index (χ2v) is 7.82. The van der Waals surface area contributed by atoms with Gasteiger partial charge in [-0.15, -0.1) is 0 Å². The number of benzene rings is 1. The van der Waals surface area contributed by atoms with Crippen molar-refractivity contribution in [1.82, 2.24) is 0 Å².